The van der Waals surface area contributed by atoms with Crippen molar-refractivity contribution in [1.29, 1.82) is 0 Å². The molecule has 1 unspecified atom stereocenters. The molecule has 3 nitrogen and oxygen atoms in total. The Labute approximate surface area is 112 Å². The van der Waals surface area contributed by atoms with Crippen LogP contribution in [0, 0.1) is 11.3 Å². The third-order valence-electron chi connectivity index (χ3n) is 3.64. The summed E-state index contributed by atoms with van der Waals surface area (Å²) in [6.45, 7) is 7.16. The smallest absolute Gasteiger partial charge is 0.223 e. The Morgan fingerprint density at radius 1 is 1.22 bits per heavy atom. The maximum atomic E-state index is 12.1. The largest absolute Gasteiger partial charge is 0.354 e. The lowest BCUT2D eigenvalue weighted by atomic mass is 9.88. The van der Waals surface area contributed by atoms with Gasteiger partial charge in [0.25, 0.3) is 0 Å². The van der Waals surface area contributed by atoms with E-state index >= 15 is 0 Å². The number of rotatable bonds is 4. The van der Waals surface area contributed by atoms with Crippen molar-refractivity contribution in [2.75, 3.05) is 6.54 Å². The third kappa shape index (κ3) is 6.39. The Bertz CT molecular complexity index is 250. The summed E-state index contributed by atoms with van der Waals surface area (Å²) in [5.74, 6) is 0.454. The van der Waals surface area contributed by atoms with Crippen molar-refractivity contribution in [3.8, 4) is 0 Å². The molecule has 1 aliphatic carbocycles. The van der Waals surface area contributed by atoms with E-state index in [1.165, 1.54) is 25.7 Å². The minimum absolute atomic E-state index is 0.0692. The molecule has 0 aromatic carbocycles. The SMILES string of the molecule is CC(C)(C)CC(N)CNC(=O)C1CCCCCC1. The van der Waals surface area contributed by atoms with Gasteiger partial charge in [-0.25, -0.2) is 0 Å². The molecule has 0 radical (unpaired) electrons. The van der Waals surface area contributed by atoms with Crippen molar-refractivity contribution < 1.29 is 4.79 Å². The van der Waals surface area contributed by atoms with Crippen LogP contribution in [-0.4, -0.2) is 18.5 Å². The van der Waals surface area contributed by atoms with E-state index in [1.54, 1.807) is 0 Å². The van der Waals surface area contributed by atoms with Gasteiger partial charge in [0.1, 0.15) is 0 Å². The molecule has 0 spiro atoms. The van der Waals surface area contributed by atoms with Crippen LogP contribution >= 0.6 is 0 Å². The molecule has 3 heteroatoms. The second-order valence-corrected chi connectivity index (χ2v) is 6.96. The summed E-state index contributed by atoms with van der Waals surface area (Å²) in [6.07, 6.45) is 8.03. The van der Waals surface area contributed by atoms with E-state index in [4.69, 9.17) is 5.73 Å². The molecule has 1 aliphatic rings. The standard InChI is InChI=1S/C15H30N2O/c1-15(2,3)10-13(16)11-17-14(18)12-8-6-4-5-7-9-12/h12-13H,4-11,16H2,1-3H3,(H,17,18). The predicted molar refractivity (Wildman–Crippen MR) is 76.2 cm³/mol. The highest BCUT2D eigenvalue weighted by Crippen LogP contribution is 2.23. The van der Waals surface area contributed by atoms with Crippen LogP contribution in [0.2, 0.25) is 0 Å². The van der Waals surface area contributed by atoms with Crippen LogP contribution in [0.4, 0.5) is 0 Å². The second-order valence-electron chi connectivity index (χ2n) is 6.96. The highest BCUT2D eigenvalue weighted by atomic mass is 16.1. The van der Waals surface area contributed by atoms with Gasteiger partial charge in [-0.2, -0.15) is 0 Å². The zero-order valence-electron chi connectivity index (χ0n) is 12.3. The number of nitrogens with two attached hydrogens (primary N) is 1. The first-order chi connectivity index (χ1) is 8.38. The molecule has 0 saturated heterocycles. The summed E-state index contributed by atoms with van der Waals surface area (Å²) in [4.78, 5) is 12.1. The molecule has 106 valence electrons. The molecule has 3 N–H and O–H groups in total. The van der Waals surface area contributed by atoms with E-state index in [9.17, 15) is 4.79 Å². The number of hydrogen-bond acceptors (Lipinski definition) is 2. The number of hydrogen-bond donors (Lipinski definition) is 2. The molecule has 1 fully saturated rings. The maximum absolute atomic E-state index is 12.1. The molecule has 0 bridgehead atoms. The Balaban J connectivity index is 2.27. The van der Waals surface area contributed by atoms with Gasteiger partial charge < -0.3 is 11.1 Å². The fourth-order valence-corrected chi connectivity index (χ4v) is 2.78. The van der Waals surface area contributed by atoms with Crippen LogP contribution in [0.15, 0.2) is 0 Å². The van der Waals surface area contributed by atoms with Crippen LogP contribution in [0.3, 0.4) is 0 Å². The average Bonchev–Trinajstić information content (AvgIpc) is 2.52. The van der Waals surface area contributed by atoms with E-state index in [0.717, 1.165) is 19.3 Å². The summed E-state index contributed by atoms with van der Waals surface area (Å²) in [6, 6.07) is 0.0692. The zero-order valence-corrected chi connectivity index (χ0v) is 12.3. The van der Waals surface area contributed by atoms with Crippen molar-refractivity contribution in [3.05, 3.63) is 0 Å². The molecule has 1 atom stereocenters. The van der Waals surface area contributed by atoms with Gasteiger partial charge in [-0.1, -0.05) is 46.5 Å². The van der Waals surface area contributed by atoms with Gasteiger partial charge >= 0.3 is 0 Å². The molecule has 1 amide bonds. The highest BCUT2D eigenvalue weighted by Gasteiger charge is 2.21. The van der Waals surface area contributed by atoms with Gasteiger partial charge in [0.15, 0.2) is 0 Å². The number of carbonyl (C=O) groups is 1. The lowest BCUT2D eigenvalue weighted by Gasteiger charge is -2.24. The fourth-order valence-electron chi connectivity index (χ4n) is 2.78. The molecule has 0 aromatic heterocycles. The highest BCUT2D eigenvalue weighted by molar-refractivity contribution is 5.78. The lowest BCUT2D eigenvalue weighted by Crippen LogP contribution is -2.41. The van der Waals surface area contributed by atoms with Gasteiger partial charge in [0.05, 0.1) is 0 Å². The monoisotopic (exact) mass is 254 g/mol. The topological polar surface area (TPSA) is 55.1 Å². The number of nitrogens with one attached hydrogen (secondary N) is 1. The molecule has 0 aliphatic heterocycles. The first-order valence-corrected chi connectivity index (χ1v) is 7.42. The van der Waals surface area contributed by atoms with E-state index in [0.29, 0.717) is 6.54 Å². The number of amides is 1. The summed E-state index contributed by atoms with van der Waals surface area (Å²) < 4.78 is 0. The molecule has 1 rings (SSSR count). The molecule has 0 aromatic rings. The van der Waals surface area contributed by atoms with Crippen LogP contribution in [-0.2, 0) is 4.79 Å². The van der Waals surface area contributed by atoms with Crippen molar-refractivity contribution in [3.63, 3.8) is 0 Å². The molecule has 18 heavy (non-hydrogen) atoms. The summed E-state index contributed by atoms with van der Waals surface area (Å²) in [5, 5.41) is 3.04. The van der Waals surface area contributed by atoms with Crippen molar-refractivity contribution in [2.45, 2.75) is 71.8 Å². The van der Waals surface area contributed by atoms with Crippen molar-refractivity contribution in [2.24, 2.45) is 17.1 Å². The minimum Gasteiger partial charge on any atom is -0.354 e. The first-order valence-electron chi connectivity index (χ1n) is 7.42. The molecule has 0 heterocycles. The Kier molecular flexibility index (Phi) is 6.13. The lowest BCUT2D eigenvalue weighted by molar-refractivity contribution is -0.125. The van der Waals surface area contributed by atoms with E-state index in [-0.39, 0.29) is 23.3 Å². The third-order valence-corrected chi connectivity index (χ3v) is 3.64. The van der Waals surface area contributed by atoms with Crippen LogP contribution in [0.5, 0.6) is 0 Å². The van der Waals surface area contributed by atoms with Crippen LogP contribution < -0.4 is 11.1 Å². The van der Waals surface area contributed by atoms with Gasteiger partial charge in [0, 0.05) is 18.5 Å². The maximum Gasteiger partial charge on any atom is 0.223 e. The average molecular weight is 254 g/mol. The van der Waals surface area contributed by atoms with E-state index < -0.39 is 0 Å². The predicted octanol–water partition coefficient (Wildman–Crippen LogP) is 2.84. The summed E-state index contributed by atoms with van der Waals surface area (Å²) in [5.41, 5.74) is 6.28. The van der Waals surface area contributed by atoms with Crippen molar-refractivity contribution >= 4 is 5.91 Å². The second kappa shape index (κ2) is 7.13. The Morgan fingerprint density at radius 2 is 1.78 bits per heavy atom. The van der Waals surface area contributed by atoms with E-state index in [2.05, 4.69) is 26.1 Å². The van der Waals surface area contributed by atoms with Crippen LogP contribution in [0.1, 0.15) is 65.7 Å². The quantitative estimate of drug-likeness (QED) is 0.758. The van der Waals surface area contributed by atoms with Crippen LogP contribution in [0.25, 0.3) is 0 Å². The minimum atomic E-state index is 0.0692. The first kappa shape index (κ1) is 15.5. The zero-order chi connectivity index (χ0) is 13.6. The van der Waals surface area contributed by atoms with Gasteiger partial charge in [0.2, 0.25) is 5.91 Å². The molecular weight excluding hydrogens is 224 g/mol. The van der Waals surface area contributed by atoms with Gasteiger partial charge in [-0.05, 0) is 24.7 Å². The fraction of sp³-hybridized carbons (Fsp3) is 0.933. The van der Waals surface area contributed by atoms with Gasteiger partial charge in [-0.15, -0.1) is 0 Å². The van der Waals surface area contributed by atoms with Gasteiger partial charge in [-0.3, -0.25) is 4.79 Å². The normalized spacial score (nSPS) is 20.2. The molecular formula is C15H30N2O. The summed E-state index contributed by atoms with van der Waals surface area (Å²) >= 11 is 0. The van der Waals surface area contributed by atoms with E-state index in [1.807, 2.05) is 0 Å². The number of carbonyl (C=O) groups excluding carboxylic acids is 1. The van der Waals surface area contributed by atoms with Crippen molar-refractivity contribution in [1.82, 2.24) is 5.32 Å². The Morgan fingerprint density at radius 3 is 2.28 bits per heavy atom. The summed E-state index contributed by atoms with van der Waals surface area (Å²) in [7, 11) is 0. The molecule has 1 saturated carbocycles. The Hall–Kier alpha value is -0.570.